The number of anilines is 2. The van der Waals surface area contributed by atoms with Gasteiger partial charge >= 0.3 is 0 Å². The Morgan fingerprint density at radius 3 is 2.11 bits per heavy atom. The van der Waals surface area contributed by atoms with Gasteiger partial charge in [-0.05, 0) is 55.0 Å². The van der Waals surface area contributed by atoms with Gasteiger partial charge in [-0.15, -0.1) is 0 Å². The lowest BCUT2D eigenvalue weighted by atomic mass is 10.1. The molecule has 0 aliphatic rings. The molecule has 6 heteroatoms. The van der Waals surface area contributed by atoms with Crippen molar-refractivity contribution in [3.8, 4) is 5.75 Å². The first kappa shape index (κ1) is 18.9. The topological polar surface area (TPSA) is 78.4 Å². The predicted octanol–water partition coefficient (Wildman–Crippen LogP) is 4.91. The molecule has 0 aliphatic heterocycles. The molecule has 0 spiro atoms. The molecule has 0 fully saturated rings. The number of phenolic OH excluding ortho intramolecular Hbond substituents is 1. The zero-order chi connectivity index (χ0) is 19.6. The van der Waals surface area contributed by atoms with Crippen molar-refractivity contribution in [3.63, 3.8) is 0 Å². The van der Waals surface area contributed by atoms with E-state index in [0.29, 0.717) is 11.4 Å². The Morgan fingerprint density at radius 2 is 1.48 bits per heavy atom. The van der Waals surface area contributed by atoms with Crippen LogP contribution in [0.15, 0.2) is 60.7 Å². The molecular weight excluding hydrogens is 408 g/mol. The van der Waals surface area contributed by atoms with Gasteiger partial charge in [0, 0.05) is 11.4 Å². The highest BCUT2D eigenvalue weighted by molar-refractivity contribution is 9.10. The number of fused-ring (bicyclic) bond motifs is 1. The molecular formula is C21H19BrN2O3. The number of hydrogen-bond donors (Lipinski definition) is 3. The van der Waals surface area contributed by atoms with Crippen LogP contribution < -0.4 is 10.6 Å². The Balaban J connectivity index is 1.81. The second-order valence-corrected chi connectivity index (χ2v) is 8.66. The molecule has 2 amide bonds. The maximum Gasteiger partial charge on any atom is 0.259 e. The lowest BCUT2D eigenvalue weighted by Gasteiger charge is -2.16. The van der Waals surface area contributed by atoms with Crippen molar-refractivity contribution < 1.29 is 14.7 Å². The minimum atomic E-state index is -0.705. The highest BCUT2D eigenvalue weighted by Gasteiger charge is 2.23. The minimum absolute atomic E-state index is 0.0864. The molecule has 0 atom stereocenters. The standard InChI is InChI=1S/C21H19BrN2O3/c1-21(2,22)20(27)24-16-9-5-8-15(12-16)23-19(26)17-10-13-6-3-4-7-14(13)11-18(17)25/h3-12,25H,1-2H3,(H,23,26)(H,24,27). The molecule has 0 aromatic heterocycles. The van der Waals surface area contributed by atoms with Gasteiger partial charge in [-0.2, -0.15) is 0 Å². The zero-order valence-electron chi connectivity index (χ0n) is 14.9. The Kier molecular flexibility index (Phi) is 5.19. The molecule has 5 nitrogen and oxygen atoms in total. The number of benzene rings is 3. The summed E-state index contributed by atoms with van der Waals surface area (Å²) in [6.07, 6.45) is 0. The second-order valence-electron chi connectivity index (χ2n) is 6.68. The van der Waals surface area contributed by atoms with Crippen LogP contribution in [-0.2, 0) is 4.79 Å². The number of rotatable bonds is 4. The van der Waals surface area contributed by atoms with Crippen LogP contribution in [0, 0.1) is 0 Å². The third-order valence-corrected chi connectivity index (χ3v) is 4.39. The number of aromatic hydroxyl groups is 1. The van der Waals surface area contributed by atoms with Crippen LogP contribution in [0.5, 0.6) is 5.75 Å². The third-order valence-electron chi connectivity index (χ3n) is 4.03. The molecule has 27 heavy (non-hydrogen) atoms. The van der Waals surface area contributed by atoms with Crippen molar-refractivity contribution >= 4 is 49.9 Å². The summed E-state index contributed by atoms with van der Waals surface area (Å²) in [6.45, 7) is 3.49. The summed E-state index contributed by atoms with van der Waals surface area (Å²) in [6, 6.07) is 17.5. The number of carbonyl (C=O) groups excluding carboxylic acids is 2. The largest absolute Gasteiger partial charge is 0.507 e. The molecule has 0 bridgehead atoms. The molecule has 0 saturated carbocycles. The van der Waals surface area contributed by atoms with Gasteiger partial charge in [-0.3, -0.25) is 9.59 Å². The molecule has 3 aromatic carbocycles. The average molecular weight is 427 g/mol. The maximum atomic E-state index is 12.6. The zero-order valence-corrected chi connectivity index (χ0v) is 16.5. The molecule has 3 aromatic rings. The highest BCUT2D eigenvalue weighted by Crippen LogP contribution is 2.26. The van der Waals surface area contributed by atoms with Crippen molar-refractivity contribution in [3.05, 3.63) is 66.2 Å². The predicted molar refractivity (Wildman–Crippen MR) is 112 cm³/mol. The lowest BCUT2D eigenvalue weighted by Crippen LogP contribution is -2.30. The number of hydrogen-bond acceptors (Lipinski definition) is 3. The van der Waals surface area contributed by atoms with Crippen LogP contribution >= 0.6 is 15.9 Å². The van der Waals surface area contributed by atoms with Crippen LogP contribution in [0.4, 0.5) is 11.4 Å². The van der Waals surface area contributed by atoms with Crippen LogP contribution in [-0.4, -0.2) is 21.2 Å². The summed E-state index contributed by atoms with van der Waals surface area (Å²) in [5, 5.41) is 17.5. The Bertz CT molecular complexity index is 1030. The van der Waals surface area contributed by atoms with Gasteiger partial charge in [0.15, 0.2) is 0 Å². The SMILES string of the molecule is CC(C)(Br)C(=O)Nc1cccc(NC(=O)c2cc3ccccc3cc2O)c1. The number of phenols is 1. The van der Waals surface area contributed by atoms with E-state index in [1.807, 2.05) is 24.3 Å². The number of amides is 2. The average Bonchev–Trinajstić information content (AvgIpc) is 2.60. The van der Waals surface area contributed by atoms with Crippen molar-refractivity contribution in [1.82, 2.24) is 0 Å². The highest BCUT2D eigenvalue weighted by atomic mass is 79.9. The summed E-state index contributed by atoms with van der Waals surface area (Å²) in [5.74, 6) is -0.711. The molecule has 0 unspecified atom stereocenters. The summed E-state index contributed by atoms with van der Waals surface area (Å²) in [7, 11) is 0. The molecule has 0 aliphatic carbocycles. The monoisotopic (exact) mass is 426 g/mol. The number of nitrogens with one attached hydrogen (secondary N) is 2. The second kappa shape index (κ2) is 7.40. The molecule has 0 radical (unpaired) electrons. The summed E-state index contributed by atoms with van der Waals surface area (Å²) in [4.78, 5) is 24.7. The first-order valence-electron chi connectivity index (χ1n) is 8.37. The Hall–Kier alpha value is -2.86. The first-order chi connectivity index (χ1) is 12.7. The van der Waals surface area contributed by atoms with Crippen molar-refractivity contribution in [2.24, 2.45) is 0 Å². The van der Waals surface area contributed by atoms with E-state index in [4.69, 9.17) is 0 Å². The van der Waals surface area contributed by atoms with Gasteiger partial charge < -0.3 is 15.7 Å². The van der Waals surface area contributed by atoms with E-state index in [1.165, 1.54) is 0 Å². The fourth-order valence-corrected chi connectivity index (χ4v) is 2.66. The number of halogens is 1. The van der Waals surface area contributed by atoms with E-state index in [1.54, 1.807) is 50.2 Å². The quantitative estimate of drug-likeness (QED) is 0.518. The van der Waals surface area contributed by atoms with E-state index in [-0.39, 0.29) is 17.2 Å². The van der Waals surface area contributed by atoms with Gasteiger partial charge in [0.1, 0.15) is 5.75 Å². The van der Waals surface area contributed by atoms with E-state index < -0.39 is 10.2 Å². The number of carbonyl (C=O) groups is 2. The lowest BCUT2D eigenvalue weighted by molar-refractivity contribution is -0.117. The van der Waals surface area contributed by atoms with Crippen LogP contribution in [0.1, 0.15) is 24.2 Å². The number of alkyl halides is 1. The van der Waals surface area contributed by atoms with Crippen molar-refractivity contribution in [2.45, 2.75) is 18.2 Å². The van der Waals surface area contributed by atoms with Gasteiger partial charge in [0.2, 0.25) is 5.91 Å². The van der Waals surface area contributed by atoms with Crippen molar-refractivity contribution in [1.29, 1.82) is 0 Å². The van der Waals surface area contributed by atoms with E-state index >= 15 is 0 Å². The summed E-state index contributed by atoms with van der Waals surface area (Å²) < 4.78 is -0.705. The van der Waals surface area contributed by atoms with Crippen LogP contribution in [0.3, 0.4) is 0 Å². The summed E-state index contributed by atoms with van der Waals surface area (Å²) in [5.41, 5.74) is 1.26. The van der Waals surface area contributed by atoms with Gasteiger partial charge in [-0.25, -0.2) is 0 Å². The maximum absolute atomic E-state index is 12.6. The molecule has 0 heterocycles. The van der Waals surface area contributed by atoms with Gasteiger partial charge in [-0.1, -0.05) is 46.3 Å². The van der Waals surface area contributed by atoms with Crippen LogP contribution in [0.2, 0.25) is 0 Å². The smallest absolute Gasteiger partial charge is 0.259 e. The van der Waals surface area contributed by atoms with Gasteiger partial charge in [0.25, 0.3) is 5.91 Å². The summed E-state index contributed by atoms with van der Waals surface area (Å²) >= 11 is 3.31. The third kappa shape index (κ3) is 4.46. The van der Waals surface area contributed by atoms with Crippen molar-refractivity contribution in [2.75, 3.05) is 10.6 Å². The Labute approximate surface area is 165 Å². The molecule has 3 rings (SSSR count). The fourth-order valence-electron chi connectivity index (χ4n) is 2.56. The molecule has 3 N–H and O–H groups in total. The van der Waals surface area contributed by atoms with Gasteiger partial charge in [0.05, 0.1) is 9.89 Å². The van der Waals surface area contributed by atoms with E-state index in [2.05, 4.69) is 26.6 Å². The van der Waals surface area contributed by atoms with E-state index in [9.17, 15) is 14.7 Å². The molecule has 138 valence electrons. The first-order valence-corrected chi connectivity index (χ1v) is 9.17. The van der Waals surface area contributed by atoms with E-state index in [0.717, 1.165) is 10.8 Å². The molecule has 0 saturated heterocycles. The van der Waals surface area contributed by atoms with Crippen LogP contribution in [0.25, 0.3) is 10.8 Å². The Morgan fingerprint density at radius 1 is 0.889 bits per heavy atom. The fraction of sp³-hybridized carbons (Fsp3) is 0.143. The normalized spacial score (nSPS) is 11.2. The minimum Gasteiger partial charge on any atom is -0.507 e.